The maximum atomic E-state index is 11.1. The monoisotopic (exact) mass is 241 g/mol. The van der Waals surface area contributed by atoms with Gasteiger partial charge in [-0.1, -0.05) is 24.3 Å². The van der Waals surface area contributed by atoms with Gasteiger partial charge in [0.1, 0.15) is 0 Å². The summed E-state index contributed by atoms with van der Waals surface area (Å²) >= 11 is 0. The van der Waals surface area contributed by atoms with Crippen LogP contribution in [0.2, 0.25) is 0 Å². The Hall–Kier alpha value is -1.06. The molecule has 16 heavy (non-hydrogen) atoms. The second-order valence-electron chi connectivity index (χ2n) is 4.07. The standard InChI is InChI=1S/C12H15NO2.ClH/c1-8-4-2-3-5-9(8)10-6-13-7-11(10)12(14)15;/h2-5,10-11,13H,6-7H2,1H3,(H,14,15);1H. The van der Waals surface area contributed by atoms with Crippen molar-refractivity contribution in [2.75, 3.05) is 13.1 Å². The molecule has 1 aliphatic heterocycles. The van der Waals surface area contributed by atoms with Crippen molar-refractivity contribution in [3.8, 4) is 0 Å². The fourth-order valence-corrected chi connectivity index (χ4v) is 2.27. The fraction of sp³-hybridized carbons (Fsp3) is 0.417. The van der Waals surface area contributed by atoms with Crippen molar-refractivity contribution in [1.29, 1.82) is 0 Å². The quantitative estimate of drug-likeness (QED) is 0.830. The van der Waals surface area contributed by atoms with Crippen molar-refractivity contribution in [2.45, 2.75) is 12.8 Å². The summed E-state index contributed by atoms with van der Waals surface area (Å²) in [5.41, 5.74) is 2.34. The van der Waals surface area contributed by atoms with E-state index in [1.807, 2.05) is 31.2 Å². The van der Waals surface area contributed by atoms with Gasteiger partial charge < -0.3 is 10.4 Å². The Balaban J connectivity index is 0.00000128. The summed E-state index contributed by atoms with van der Waals surface area (Å²) < 4.78 is 0. The van der Waals surface area contributed by atoms with Gasteiger partial charge in [0, 0.05) is 19.0 Å². The number of benzene rings is 1. The molecule has 4 heteroatoms. The predicted octanol–water partition coefficient (Wildman–Crippen LogP) is 1.80. The molecule has 1 fully saturated rings. The molecule has 0 saturated carbocycles. The maximum Gasteiger partial charge on any atom is 0.308 e. The van der Waals surface area contributed by atoms with E-state index in [1.165, 1.54) is 5.56 Å². The van der Waals surface area contributed by atoms with E-state index in [1.54, 1.807) is 0 Å². The van der Waals surface area contributed by atoms with E-state index in [9.17, 15) is 4.79 Å². The number of carboxylic acid groups (broad SMARTS) is 1. The van der Waals surface area contributed by atoms with Gasteiger partial charge in [-0.3, -0.25) is 4.79 Å². The zero-order valence-electron chi connectivity index (χ0n) is 9.14. The van der Waals surface area contributed by atoms with Crippen LogP contribution in [0.4, 0.5) is 0 Å². The van der Waals surface area contributed by atoms with Crippen LogP contribution >= 0.6 is 12.4 Å². The number of aryl methyl sites for hydroxylation is 1. The van der Waals surface area contributed by atoms with Gasteiger partial charge in [0.05, 0.1) is 5.92 Å². The first-order valence-electron chi connectivity index (χ1n) is 5.19. The van der Waals surface area contributed by atoms with E-state index in [-0.39, 0.29) is 24.2 Å². The molecule has 1 heterocycles. The molecule has 0 spiro atoms. The molecule has 0 amide bonds. The van der Waals surface area contributed by atoms with Crippen LogP contribution in [-0.2, 0) is 4.79 Å². The van der Waals surface area contributed by atoms with Crippen LogP contribution in [0.1, 0.15) is 17.0 Å². The Bertz CT molecular complexity index is 381. The summed E-state index contributed by atoms with van der Waals surface area (Å²) in [6.07, 6.45) is 0. The smallest absolute Gasteiger partial charge is 0.308 e. The molecule has 3 nitrogen and oxygen atoms in total. The number of hydrogen-bond donors (Lipinski definition) is 2. The lowest BCUT2D eigenvalue weighted by atomic mass is 9.86. The third-order valence-electron chi connectivity index (χ3n) is 3.12. The highest BCUT2D eigenvalue weighted by molar-refractivity contribution is 5.85. The number of aliphatic carboxylic acids is 1. The minimum absolute atomic E-state index is 0. The summed E-state index contributed by atoms with van der Waals surface area (Å²) in [5.74, 6) is -0.872. The van der Waals surface area contributed by atoms with Crippen molar-refractivity contribution < 1.29 is 9.90 Å². The fourth-order valence-electron chi connectivity index (χ4n) is 2.27. The molecule has 2 unspecified atom stereocenters. The zero-order chi connectivity index (χ0) is 10.8. The first-order valence-corrected chi connectivity index (χ1v) is 5.19. The molecule has 2 atom stereocenters. The summed E-state index contributed by atoms with van der Waals surface area (Å²) in [5, 5.41) is 12.2. The molecule has 1 saturated heterocycles. The van der Waals surface area contributed by atoms with Crippen LogP contribution in [0.5, 0.6) is 0 Å². The molecular weight excluding hydrogens is 226 g/mol. The Morgan fingerprint density at radius 2 is 2.06 bits per heavy atom. The van der Waals surface area contributed by atoms with Gasteiger partial charge in [0.2, 0.25) is 0 Å². The molecule has 0 radical (unpaired) electrons. The highest BCUT2D eigenvalue weighted by Crippen LogP contribution is 2.30. The average molecular weight is 242 g/mol. The van der Waals surface area contributed by atoms with Crippen LogP contribution < -0.4 is 5.32 Å². The Kier molecular flexibility index (Phi) is 4.33. The van der Waals surface area contributed by atoms with E-state index in [2.05, 4.69) is 5.32 Å². The number of carboxylic acids is 1. The summed E-state index contributed by atoms with van der Waals surface area (Å²) in [6.45, 7) is 3.38. The normalized spacial score (nSPS) is 23.8. The molecule has 2 N–H and O–H groups in total. The number of halogens is 1. The van der Waals surface area contributed by atoms with Crippen LogP contribution in [0.15, 0.2) is 24.3 Å². The van der Waals surface area contributed by atoms with E-state index < -0.39 is 5.97 Å². The van der Waals surface area contributed by atoms with Crippen molar-refractivity contribution >= 4 is 18.4 Å². The molecule has 0 aliphatic carbocycles. The minimum Gasteiger partial charge on any atom is -0.481 e. The summed E-state index contributed by atoms with van der Waals surface area (Å²) in [7, 11) is 0. The second kappa shape index (κ2) is 5.32. The number of hydrogen-bond acceptors (Lipinski definition) is 2. The third-order valence-corrected chi connectivity index (χ3v) is 3.12. The Labute approximate surface area is 101 Å². The summed E-state index contributed by atoms with van der Waals surface area (Å²) in [4.78, 5) is 11.1. The molecule has 88 valence electrons. The van der Waals surface area contributed by atoms with E-state index in [0.29, 0.717) is 6.54 Å². The highest BCUT2D eigenvalue weighted by Gasteiger charge is 2.34. The lowest BCUT2D eigenvalue weighted by Crippen LogP contribution is -2.21. The van der Waals surface area contributed by atoms with Crippen LogP contribution in [0.3, 0.4) is 0 Å². The highest BCUT2D eigenvalue weighted by atomic mass is 35.5. The van der Waals surface area contributed by atoms with Gasteiger partial charge in [-0.25, -0.2) is 0 Å². The first-order chi connectivity index (χ1) is 7.20. The van der Waals surface area contributed by atoms with Crippen molar-refractivity contribution in [2.24, 2.45) is 5.92 Å². The molecular formula is C12H16ClNO2. The predicted molar refractivity (Wildman–Crippen MR) is 65.2 cm³/mol. The zero-order valence-corrected chi connectivity index (χ0v) is 9.96. The first kappa shape index (κ1) is 13.0. The largest absolute Gasteiger partial charge is 0.481 e. The van der Waals surface area contributed by atoms with Crippen molar-refractivity contribution in [3.05, 3.63) is 35.4 Å². The van der Waals surface area contributed by atoms with E-state index >= 15 is 0 Å². The Morgan fingerprint density at radius 3 is 2.69 bits per heavy atom. The van der Waals surface area contributed by atoms with Crippen LogP contribution in [0.25, 0.3) is 0 Å². The molecule has 1 aromatic carbocycles. The van der Waals surface area contributed by atoms with Gasteiger partial charge in [-0.2, -0.15) is 0 Å². The van der Waals surface area contributed by atoms with Crippen LogP contribution in [-0.4, -0.2) is 24.2 Å². The second-order valence-corrected chi connectivity index (χ2v) is 4.07. The lowest BCUT2D eigenvalue weighted by molar-refractivity contribution is -0.141. The number of rotatable bonds is 2. The number of carbonyl (C=O) groups is 1. The maximum absolute atomic E-state index is 11.1. The molecule has 0 aromatic heterocycles. The third kappa shape index (κ3) is 2.36. The minimum atomic E-state index is -0.701. The van der Waals surface area contributed by atoms with Gasteiger partial charge in [-0.15, -0.1) is 12.4 Å². The molecule has 1 aromatic rings. The van der Waals surface area contributed by atoms with E-state index in [0.717, 1.165) is 12.1 Å². The average Bonchev–Trinajstić information content (AvgIpc) is 2.67. The van der Waals surface area contributed by atoms with Crippen molar-refractivity contribution in [3.63, 3.8) is 0 Å². The van der Waals surface area contributed by atoms with Crippen molar-refractivity contribution in [1.82, 2.24) is 5.32 Å². The van der Waals surface area contributed by atoms with Gasteiger partial charge in [0.25, 0.3) is 0 Å². The topological polar surface area (TPSA) is 49.3 Å². The van der Waals surface area contributed by atoms with Gasteiger partial charge >= 0.3 is 5.97 Å². The molecule has 1 aliphatic rings. The van der Waals surface area contributed by atoms with Gasteiger partial charge in [0.15, 0.2) is 0 Å². The molecule has 0 bridgehead atoms. The van der Waals surface area contributed by atoms with Crippen LogP contribution in [0, 0.1) is 12.8 Å². The molecule has 2 rings (SSSR count). The SMILES string of the molecule is Cc1ccccc1C1CNCC1C(=O)O.Cl. The summed E-state index contributed by atoms with van der Waals surface area (Å²) in [6, 6.07) is 8.02. The Morgan fingerprint density at radius 1 is 1.38 bits per heavy atom. The lowest BCUT2D eigenvalue weighted by Gasteiger charge is -2.17. The van der Waals surface area contributed by atoms with E-state index in [4.69, 9.17) is 5.11 Å². The van der Waals surface area contributed by atoms with Gasteiger partial charge in [-0.05, 0) is 18.1 Å². The number of nitrogens with one attached hydrogen (secondary N) is 1.